The van der Waals surface area contributed by atoms with Crippen LogP contribution < -0.4 is 10.5 Å². The van der Waals surface area contributed by atoms with Gasteiger partial charge >= 0.3 is 6.18 Å². The molecule has 1 aliphatic heterocycles. The van der Waals surface area contributed by atoms with Crippen molar-refractivity contribution in [3.63, 3.8) is 0 Å². The van der Waals surface area contributed by atoms with E-state index in [2.05, 4.69) is 15.2 Å². The van der Waals surface area contributed by atoms with Crippen molar-refractivity contribution in [1.29, 1.82) is 0 Å². The number of nitrogens with one attached hydrogen (secondary N) is 1. The molecule has 0 saturated heterocycles. The van der Waals surface area contributed by atoms with Crippen molar-refractivity contribution in [2.45, 2.75) is 19.3 Å². The van der Waals surface area contributed by atoms with E-state index in [4.69, 9.17) is 11.6 Å². The predicted octanol–water partition coefficient (Wildman–Crippen LogP) is 3.03. The van der Waals surface area contributed by atoms with Crippen molar-refractivity contribution in [2.24, 2.45) is 0 Å². The first-order valence-electron chi connectivity index (χ1n) is 8.61. The topological polar surface area (TPSA) is 83.9 Å². The lowest BCUT2D eigenvalue weighted by molar-refractivity contribution is -0.138. The van der Waals surface area contributed by atoms with Crippen LogP contribution in [0.2, 0.25) is 5.02 Å². The van der Waals surface area contributed by atoms with Crippen molar-refractivity contribution in [3.05, 3.63) is 74.4 Å². The van der Waals surface area contributed by atoms with E-state index in [0.717, 1.165) is 12.1 Å². The van der Waals surface area contributed by atoms with Crippen molar-refractivity contribution in [1.82, 2.24) is 19.7 Å². The minimum Gasteiger partial charge on any atom is -0.360 e. The van der Waals surface area contributed by atoms with E-state index >= 15 is 0 Å². The summed E-state index contributed by atoms with van der Waals surface area (Å²) < 4.78 is 54.7. The molecule has 0 aliphatic carbocycles. The molecule has 156 valence electrons. The molecule has 30 heavy (non-hydrogen) atoms. The lowest BCUT2D eigenvalue weighted by Gasteiger charge is -2.30. The maximum Gasteiger partial charge on any atom is 0.417 e. The molecule has 1 N–H and O–H groups in total. The standard InChI is InChI=1S/C18H12ClF4N5O2/c19-15-12(7-25-26-17(15)30)27-3-4-28-13(6-24-14(28)8-27)16(29)10-2-1-9(20)5-11(10)18(21,22)23/h1-2,5-7H,3-4,8H2,(H,26,30). The van der Waals surface area contributed by atoms with Gasteiger partial charge in [-0.2, -0.15) is 18.3 Å². The molecule has 0 saturated carbocycles. The molecule has 12 heteroatoms. The second-order valence-electron chi connectivity index (χ2n) is 6.55. The number of fused-ring (bicyclic) bond motifs is 1. The third-order valence-electron chi connectivity index (χ3n) is 4.75. The summed E-state index contributed by atoms with van der Waals surface area (Å²) in [5.74, 6) is -1.60. The van der Waals surface area contributed by atoms with Gasteiger partial charge in [0.2, 0.25) is 5.78 Å². The quantitative estimate of drug-likeness (QED) is 0.499. The van der Waals surface area contributed by atoms with Crippen molar-refractivity contribution in [3.8, 4) is 0 Å². The number of carbonyl (C=O) groups is 1. The minimum atomic E-state index is -4.89. The average molecular weight is 442 g/mol. The van der Waals surface area contributed by atoms with Gasteiger partial charge in [-0.3, -0.25) is 9.59 Å². The van der Waals surface area contributed by atoms with Crippen molar-refractivity contribution < 1.29 is 22.4 Å². The van der Waals surface area contributed by atoms with Crippen LogP contribution >= 0.6 is 11.6 Å². The molecule has 0 atom stereocenters. The number of alkyl halides is 3. The second kappa shape index (κ2) is 7.24. The largest absolute Gasteiger partial charge is 0.417 e. The van der Waals surface area contributed by atoms with Gasteiger partial charge in [0.25, 0.3) is 5.56 Å². The molecule has 3 heterocycles. The van der Waals surface area contributed by atoms with Crippen molar-refractivity contribution >= 4 is 23.1 Å². The Labute approximate surface area is 170 Å². The Balaban J connectivity index is 1.68. The molecule has 3 aromatic rings. The Morgan fingerprint density at radius 3 is 2.70 bits per heavy atom. The maximum atomic E-state index is 13.3. The molecule has 0 fully saturated rings. The number of nitrogens with zero attached hydrogens (tertiary/aromatic N) is 4. The highest BCUT2D eigenvalue weighted by molar-refractivity contribution is 6.33. The first kappa shape index (κ1) is 20.1. The van der Waals surface area contributed by atoms with Gasteiger partial charge < -0.3 is 9.47 Å². The van der Waals surface area contributed by atoms with Crippen LogP contribution in [0.5, 0.6) is 0 Å². The molecule has 1 aliphatic rings. The number of halogens is 5. The first-order chi connectivity index (χ1) is 14.2. The number of anilines is 1. The molecule has 4 rings (SSSR count). The third kappa shape index (κ3) is 3.45. The Morgan fingerprint density at radius 1 is 1.20 bits per heavy atom. The van der Waals surface area contributed by atoms with E-state index in [1.807, 2.05) is 0 Å². The number of benzene rings is 1. The summed E-state index contributed by atoms with van der Waals surface area (Å²) in [7, 11) is 0. The normalized spacial score (nSPS) is 14.0. The molecule has 7 nitrogen and oxygen atoms in total. The summed E-state index contributed by atoms with van der Waals surface area (Å²) in [4.78, 5) is 30.3. The van der Waals surface area contributed by atoms with Crippen LogP contribution in [0, 0.1) is 5.82 Å². The second-order valence-corrected chi connectivity index (χ2v) is 6.93. The summed E-state index contributed by atoms with van der Waals surface area (Å²) in [6.45, 7) is 0.680. The zero-order valence-electron chi connectivity index (χ0n) is 15.0. The molecule has 1 aromatic carbocycles. The molecule has 0 unspecified atom stereocenters. The molecule has 0 amide bonds. The van der Waals surface area contributed by atoms with Gasteiger partial charge in [-0.1, -0.05) is 11.6 Å². The van der Waals surface area contributed by atoms with Gasteiger partial charge in [0.1, 0.15) is 22.4 Å². The van der Waals surface area contributed by atoms with Gasteiger partial charge in [-0.25, -0.2) is 14.5 Å². The lowest BCUT2D eigenvalue weighted by Crippen LogP contribution is -2.36. The van der Waals surface area contributed by atoms with Crippen molar-refractivity contribution in [2.75, 3.05) is 11.4 Å². The van der Waals surface area contributed by atoms with Crippen LogP contribution in [0.25, 0.3) is 0 Å². The summed E-state index contributed by atoms with van der Waals surface area (Å²) >= 11 is 6.02. The summed E-state index contributed by atoms with van der Waals surface area (Å²) in [6, 6.07) is 1.92. The molecule has 0 spiro atoms. The number of hydrogen-bond acceptors (Lipinski definition) is 5. The number of aromatic amines is 1. The summed E-state index contributed by atoms with van der Waals surface area (Å²) in [5, 5.41) is 5.86. The predicted molar refractivity (Wildman–Crippen MR) is 98.0 cm³/mol. The van der Waals surface area contributed by atoms with Gasteiger partial charge in [0, 0.05) is 18.7 Å². The number of H-pyrrole nitrogens is 1. The van der Waals surface area contributed by atoms with Crippen LogP contribution in [-0.4, -0.2) is 32.1 Å². The van der Waals surface area contributed by atoms with Crippen LogP contribution in [0.3, 0.4) is 0 Å². The van der Waals surface area contributed by atoms with Gasteiger partial charge in [-0.05, 0) is 18.2 Å². The average Bonchev–Trinajstić information content (AvgIpc) is 3.12. The number of imidazole rings is 1. The van der Waals surface area contributed by atoms with Gasteiger partial charge in [0.05, 0.1) is 30.2 Å². The molecular weight excluding hydrogens is 430 g/mol. The number of carbonyl (C=O) groups excluding carboxylic acids is 1. The van der Waals surface area contributed by atoms with Crippen LogP contribution in [0.15, 0.2) is 35.4 Å². The van der Waals surface area contributed by atoms with Crippen LogP contribution in [-0.2, 0) is 19.3 Å². The fraction of sp³-hybridized carbons (Fsp3) is 0.222. The molecule has 0 radical (unpaired) electrons. The van der Waals surface area contributed by atoms with E-state index in [1.165, 1.54) is 17.0 Å². The zero-order chi connectivity index (χ0) is 21.6. The van der Waals surface area contributed by atoms with E-state index in [-0.39, 0.29) is 23.8 Å². The number of rotatable bonds is 3. The SMILES string of the molecule is O=C(c1ccc(F)cc1C(F)(F)F)c1cnc2n1CCN(c1cn[nH]c(=O)c1Cl)C2. The summed E-state index contributed by atoms with van der Waals surface area (Å²) in [5.41, 5.74) is -2.23. The van der Waals surface area contributed by atoms with E-state index in [1.54, 1.807) is 4.90 Å². The Kier molecular flexibility index (Phi) is 4.85. The van der Waals surface area contributed by atoms with Crippen LogP contribution in [0.4, 0.5) is 23.2 Å². The van der Waals surface area contributed by atoms with E-state index in [0.29, 0.717) is 24.1 Å². The fourth-order valence-electron chi connectivity index (χ4n) is 3.33. The highest BCUT2D eigenvalue weighted by Gasteiger charge is 2.37. The maximum absolute atomic E-state index is 13.3. The number of ketones is 1. The Bertz CT molecular complexity index is 1200. The Morgan fingerprint density at radius 2 is 1.97 bits per heavy atom. The minimum absolute atomic E-state index is 0.0445. The van der Waals surface area contributed by atoms with E-state index < -0.39 is 34.5 Å². The molecular formula is C18H12ClF4N5O2. The van der Waals surface area contributed by atoms with Gasteiger partial charge in [0.15, 0.2) is 0 Å². The zero-order valence-corrected chi connectivity index (χ0v) is 15.8. The monoisotopic (exact) mass is 441 g/mol. The van der Waals surface area contributed by atoms with Crippen LogP contribution in [0.1, 0.15) is 27.4 Å². The third-order valence-corrected chi connectivity index (χ3v) is 5.11. The number of hydrogen-bond donors (Lipinski definition) is 1. The highest BCUT2D eigenvalue weighted by atomic mass is 35.5. The lowest BCUT2D eigenvalue weighted by atomic mass is 10.0. The molecule has 2 aromatic heterocycles. The summed E-state index contributed by atoms with van der Waals surface area (Å²) in [6.07, 6.45) is -2.33. The fourth-order valence-corrected chi connectivity index (χ4v) is 3.54. The highest BCUT2D eigenvalue weighted by Crippen LogP contribution is 2.34. The smallest absolute Gasteiger partial charge is 0.360 e. The first-order valence-corrected chi connectivity index (χ1v) is 8.98. The van der Waals surface area contributed by atoms with Gasteiger partial charge in [-0.15, -0.1) is 0 Å². The molecule has 0 bridgehead atoms. The van der Waals surface area contributed by atoms with E-state index in [9.17, 15) is 27.2 Å². The Hall–Kier alpha value is -3.21. The number of aromatic nitrogens is 4.